The smallest absolute Gasteiger partial charge is 0.427 e. The first kappa shape index (κ1) is 18.9. The molecule has 1 spiro atoms. The Hall–Kier alpha value is -1.87. The maximum atomic E-state index is 12.6. The number of ether oxygens (including phenoxy) is 2. The predicted octanol–water partition coefficient (Wildman–Crippen LogP) is 2.48. The highest BCUT2D eigenvalue weighted by atomic mass is 19.4. The molecule has 0 aliphatic carbocycles. The molecule has 1 aromatic heterocycles. The molecule has 1 amide bonds. The molecule has 1 unspecified atom stereocenters. The largest absolute Gasteiger partial charge is 0.434 e. The van der Waals surface area contributed by atoms with E-state index in [1.54, 1.807) is 6.20 Å². The molecule has 1 N–H and O–H groups in total. The van der Waals surface area contributed by atoms with E-state index >= 15 is 0 Å². The van der Waals surface area contributed by atoms with E-state index in [2.05, 4.69) is 9.72 Å². The molecular weight excluding hydrogens is 353 g/mol. The van der Waals surface area contributed by atoms with Crippen molar-refractivity contribution in [2.75, 3.05) is 26.3 Å². The molecule has 26 heavy (non-hydrogen) atoms. The van der Waals surface area contributed by atoms with E-state index in [0.29, 0.717) is 19.4 Å². The van der Waals surface area contributed by atoms with Crippen molar-refractivity contribution >= 4 is 6.09 Å². The van der Waals surface area contributed by atoms with E-state index in [4.69, 9.17) is 9.84 Å². The average molecular weight is 374 g/mol. The summed E-state index contributed by atoms with van der Waals surface area (Å²) in [5.41, 5.74) is 0.736. The van der Waals surface area contributed by atoms with Crippen LogP contribution in [0.2, 0.25) is 0 Å². The number of aliphatic hydroxyl groups is 1. The van der Waals surface area contributed by atoms with Crippen LogP contribution in [0.5, 0.6) is 0 Å². The SMILES string of the molecule is O=C(O[C@H](CO)C(F)(F)F)N1CCC2(CC1)CC(c1cccnc1)CO2. The van der Waals surface area contributed by atoms with E-state index in [1.165, 1.54) is 4.90 Å². The van der Waals surface area contributed by atoms with Gasteiger partial charge in [-0.3, -0.25) is 4.98 Å². The molecule has 2 aliphatic heterocycles. The first-order valence-corrected chi connectivity index (χ1v) is 8.50. The van der Waals surface area contributed by atoms with Crippen molar-refractivity contribution in [2.45, 2.75) is 43.1 Å². The van der Waals surface area contributed by atoms with E-state index in [1.807, 2.05) is 18.3 Å². The van der Waals surface area contributed by atoms with Crippen molar-refractivity contribution in [1.82, 2.24) is 9.88 Å². The van der Waals surface area contributed by atoms with Crippen LogP contribution in [0.25, 0.3) is 0 Å². The minimum atomic E-state index is -4.78. The zero-order valence-corrected chi connectivity index (χ0v) is 14.1. The van der Waals surface area contributed by atoms with Gasteiger partial charge in [0.2, 0.25) is 6.10 Å². The number of alkyl halides is 3. The van der Waals surface area contributed by atoms with Crippen LogP contribution in [0.1, 0.15) is 30.7 Å². The number of carbonyl (C=O) groups is 1. The van der Waals surface area contributed by atoms with Crippen molar-refractivity contribution in [1.29, 1.82) is 0 Å². The summed E-state index contributed by atoms with van der Waals surface area (Å²) in [5.74, 6) is 0.228. The van der Waals surface area contributed by atoms with Crippen LogP contribution in [-0.2, 0) is 9.47 Å². The molecule has 2 saturated heterocycles. The van der Waals surface area contributed by atoms with Gasteiger partial charge >= 0.3 is 12.3 Å². The number of halogens is 3. The normalized spacial score (nSPS) is 23.8. The fourth-order valence-corrected chi connectivity index (χ4v) is 3.52. The van der Waals surface area contributed by atoms with Crippen molar-refractivity contribution in [3.63, 3.8) is 0 Å². The maximum Gasteiger partial charge on any atom is 0.427 e. The number of piperidine rings is 1. The Bertz CT molecular complexity index is 618. The number of carbonyl (C=O) groups excluding carboxylic acids is 1. The molecular formula is C17H21F3N2O4. The van der Waals surface area contributed by atoms with Crippen molar-refractivity contribution in [2.24, 2.45) is 0 Å². The summed E-state index contributed by atoms with van der Waals surface area (Å²) < 4.78 is 48.3. The fraction of sp³-hybridized carbons (Fsp3) is 0.647. The quantitative estimate of drug-likeness (QED) is 0.880. The van der Waals surface area contributed by atoms with Crippen molar-refractivity contribution < 1.29 is 32.5 Å². The molecule has 3 heterocycles. The summed E-state index contributed by atoms with van der Waals surface area (Å²) >= 11 is 0. The molecule has 0 aromatic carbocycles. The summed E-state index contributed by atoms with van der Waals surface area (Å²) in [6.45, 7) is -0.205. The lowest BCUT2D eigenvalue weighted by molar-refractivity contribution is -0.215. The fourth-order valence-electron chi connectivity index (χ4n) is 3.52. The third kappa shape index (κ3) is 4.09. The standard InChI is InChI=1S/C17H21F3N2O4/c18-17(19,20)14(10-23)26-15(24)22-6-3-16(4-7-22)8-13(11-25-16)12-2-1-5-21-9-12/h1-2,5,9,13-14,23H,3-4,6-8,10-11H2/t13?,14-/m1/s1. The summed E-state index contributed by atoms with van der Waals surface area (Å²) in [4.78, 5) is 17.3. The van der Waals surface area contributed by atoms with Crippen LogP contribution < -0.4 is 0 Å². The topological polar surface area (TPSA) is 71.9 Å². The molecule has 2 aliphatic rings. The molecule has 0 radical (unpaired) electrons. The lowest BCUT2D eigenvalue weighted by Crippen LogP contribution is -2.48. The Labute approximate surface area is 148 Å². The minimum absolute atomic E-state index is 0.228. The summed E-state index contributed by atoms with van der Waals surface area (Å²) in [6, 6.07) is 3.87. The Kier molecular flexibility index (Phi) is 5.38. The monoisotopic (exact) mass is 374 g/mol. The Morgan fingerprint density at radius 1 is 1.46 bits per heavy atom. The zero-order valence-electron chi connectivity index (χ0n) is 14.1. The van der Waals surface area contributed by atoms with E-state index in [0.717, 1.165) is 12.0 Å². The van der Waals surface area contributed by atoms with Gasteiger partial charge in [-0.1, -0.05) is 6.07 Å². The lowest BCUT2D eigenvalue weighted by atomic mass is 9.83. The highest BCUT2D eigenvalue weighted by Gasteiger charge is 2.46. The second-order valence-corrected chi connectivity index (χ2v) is 6.77. The minimum Gasteiger partial charge on any atom is -0.434 e. The number of aliphatic hydroxyl groups excluding tert-OH is 1. The van der Waals surface area contributed by atoms with Gasteiger partial charge in [0.05, 0.1) is 18.8 Å². The molecule has 2 atom stereocenters. The van der Waals surface area contributed by atoms with Gasteiger partial charge in [-0.2, -0.15) is 13.2 Å². The van der Waals surface area contributed by atoms with E-state index < -0.39 is 25.0 Å². The van der Waals surface area contributed by atoms with Gasteiger partial charge in [-0.25, -0.2) is 4.79 Å². The first-order chi connectivity index (χ1) is 12.3. The van der Waals surface area contributed by atoms with E-state index in [-0.39, 0.29) is 24.6 Å². The van der Waals surface area contributed by atoms with Crippen molar-refractivity contribution in [3.05, 3.63) is 30.1 Å². The molecule has 3 rings (SSSR count). The molecule has 0 saturated carbocycles. The lowest BCUT2D eigenvalue weighted by Gasteiger charge is -2.38. The summed E-state index contributed by atoms with van der Waals surface area (Å²) in [5, 5.41) is 8.77. The molecule has 144 valence electrons. The van der Waals surface area contributed by atoms with Crippen molar-refractivity contribution in [3.8, 4) is 0 Å². The summed E-state index contributed by atoms with van der Waals surface area (Å²) in [6.07, 6.45) is -2.95. The highest BCUT2D eigenvalue weighted by Crippen LogP contribution is 2.42. The second kappa shape index (κ2) is 7.40. The van der Waals surface area contributed by atoms with Crippen LogP contribution in [-0.4, -0.2) is 65.3 Å². The number of aromatic nitrogens is 1. The third-order valence-electron chi connectivity index (χ3n) is 5.07. The van der Waals surface area contributed by atoms with Crippen LogP contribution in [0.15, 0.2) is 24.5 Å². The van der Waals surface area contributed by atoms with Gasteiger partial charge in [0.25, 0.3) is 0 Å². The number of rotatable bonds is 3. The number of amides is 1. The Morgan fingerprint density at radius 2 is 2.19 bits per heavy atom. The van der Waals surface area contributed by atoms with Gasteiger partial charge < -0.3 is 19.5 Å². The van der Waals surface area contributed by atoms with Gasteiger partial charge in [-0.05, 0) is 30.9 Å². The molecule has 6 nitrogen and oxygen atoms in total. The van der Waals surface area contributed by atoms with Gasteiger partial charge in [0.1, 0.15) is 0 Å². The number of hydrogen-bond acceptors (Lipinski definition) is 5. The predicted molar refractivity (Wildman–Crippen MR) is 84.5 cm³/mol. The number of likely N-dealkylation sites (tertiary alicyclic amines) is 1. The third-order valence-corrected chi connectivity index (χ3v) is 5.07. The van der Waals surface area contributed by atoms with Crippen LogP contribution in [0.4, 0.5) is 18.0 Å². The van der Waals surface area contributed by atoms with Gasteiger partial charge in [0, 0.05) is 31.4 Å². The number of pyridine rings is 1. The molecule has 0 bridgehead atoms. The average Bonchev–Trinajstić information content (AvgIpc) is 3.03. The molecule has 2 fully saturated rings. The second-order valence-electron chi connectivity index (χ2n) is 6.77. The number of nitrogens with zero attached hydrogens (tertiary/aromatic N) is 2. The van der Waals surface area contributed by atoms with Crippen LogP contribution >= 0.6 is 0 Å². The first-order valence-electron chi connectivity index (χ1n) is 8.50. The van der Waals surface area contributed by atoms with E-state index in [9.17, 15) is 18.0 Å². The highest BCUT2D eigenvalue weighted by molar-refractivity contribution is 5.68. The zero-order chi connectivity index (χ0) is 18.8. The Morgan fingerprint density at radius 3 is 2.77 bits per heavy atom. The van der Waals surface area contributed by atoms with Gasteiger partial charge in [0.15, 0.2) is 0 Å². The van der Waals surface area contributed by atoms with Crippen LogP contribution in [0.3, 0.4) is 0 Å². The molecule has 9 heteroatoms. The van der Waals surface area contributed by atoms with Gasteiger partial charge in [-0.15, -0.1) is 0 Å². The summed E-state index contributed by atoms with van der Waals surface area (Å²) in [7, 11) is 0. The van der Waals surface area contributed by atoms with Crippen LogP contribution in [0, 0.1) is 0 Å². The number of hydrogen-bond donors (Lipinski definition) is 1. The maximum absolute atomic E-state index is 12.6. The molecule has 1 aromatic rings. The Balaban J connectivity index is 1.54.